The second-order valence-electron chi connectivity index (χ2n) is 3.36. The molecule has 11 heteroatoms. The third kappa shape index (κ3) is 3.54. The van der Waals surface area contributed by atoms with Gasteiger partial charge in [-0.25, -0.2) is 15.2 Å². The van der Waals surface area contributed by atoms with Crippen LogP contribution in [0.1, 0.15) is 0 Å². The molecule has 2 amide bonds. The van der Waals surface area contributed by atoms with Crippen LogP contribution in [0, 0.1) is 5.53 Å². The van der Waals surface area contributed by atoms with E-state index in [0.29, 0.717) is 10.2 Å². The lowest BCUT2D eigenvalue weighted by Crippen LogP contribution is -2.25. The maximum Gasteiger partial charge on any atom is 0.573 e. The van der Waals surface area contributed by atoms with Crippen molar-refractivity contribution in [3.05, 3.63) is 18.2 Å². The van der Waals surface area contributed by atoms with E-state index in [-0.39, 0.29) is 10.9 Å². The van der Waals surface area contributed by atoms with Gasteiger partial charge in [-0.3, -0.25) is 5.43 Å². The molecule has 0 spiro atoms. The van der Waals surface area contributed by atoms with E-state index in [4.69, 9.17) is 5.53 Å². The maximum absolute atomic E-state index is 12.1. The first-order chi connectivity index (χ1) is 9.37. The Bertz CT molecular complexity index is 657. The van der Waals surface area contributed by atoms with Gasteiger partial charge in [0.15, 0.2) is 0 Å². The number of hydrogen-bond donors (Lipinski definition) is 3. The van der Waals surface area contributed by atoms with Crippen molar-refractivity contribution in [2.24, 2.45) is 5.11 Å². The minimum absolute atomic E-state index is 0.237. The molecular formula is C9H6F3N5O2S. The van der Waals surface area contributed by atoms with Crippen LogP contribution in [0.15, 0.2) is 23.3 Å². The molecule has 0 saturated carbocycles. The minimum Gasteiger partial charge on any atom is -0.406 e. The molecule has 0 aliphatic rings. The number of urea groups is 1. The van der Waals surface area contributed by atoms with Gasteiger partial charge in [0.25, 0.3) is 0 Å². The van der Waals surface area contributed by atoms with Crippen LogP contribution in [0.2, 0.25) is 0 Å². The zero-order valence-corrected chi connectivity index (χ0v) is 10.3. The fourth-order valence-electron chi connectivity index (χ4n) is 1.29. The predicted molar refractivity (Wildman–Crippen MR) is 63.6 cm³/mol. The highest BCUT2D eigenvalue weighted by Gasteiger charge is 2.31. The van der Waals surface area contributed by atoms with Gasteiger partial charge in [-0.15, -0.1) is 13.2 Å². The number of alkyl halides is 3. The van der Waals surface area contributed by atoms with Crippen molar-refractivity contribution in [2.45, 2.75) is 6.36 Å². The lowest BCUT2D eigenvalue weighted by Gasteiger charge is -2.07. The minimum atomic E-state index is -4.76. The number of aromatic nitrogens is 1. The van der Waals surface area contributed by atoms with Gasteiger partial charge < -0.3 is 4.74 Å². The van der Waals surface area contributed by atoms with Crippen molar-refractivity contribution in [3.8, 4) is 5.75 Å². The summed E-state index contributed by atoms with van der Waals surface area (Å²) in [5.74, 6) is -0.356. The Labute approximate surface area is 113 Å². The molecule has 0 aliphatic carbocycles. The number of amides is 2. The van der Waals surface area contributed by atoms with E-state index in [9.17, 15) is 18.0 Å². The Balaban J connectivity index is 2.17. The molecule has 2 rings (SSSR count). The van der Waals surface area contributed by atoms with Crippen LogP contribution < -0.4 is 15.6 Å². The number of hydrogen-bond acceptors (Lipinski definition) is 6. The Morgan fingerprint density at radius 3 is 2.85 bits per heavy atom. The summed E-state index contributed by atoms with van der Waals surface area (Å²) in [6, 6.07) is 2.75. The van der Waals surface area contributed by atoms with Gasteiger partial charge in [-0.1, -0.05) is 16.5 Å². The standard InChI is InChI=1S/C9H6F3N5O2S/c10-9(11,12)19-4-1-2-5-6(3-4)20-8(14-5)17-16-7(18)15-13/h1-3,13H,(H,14,17)(H,16,18). The summed E-state index contributed by atoms with van der Waals surface area (Å²) >= 11 is 1.00. The monoisotopic (exact) mass is 305 g/mol. The van der Waals surface area contributed by atoms with Crippen LogP contribution in [-0.4, -0.2) is 17.4 Å². The van der Waals surface area contributed by atoms with E-state index in [1.165, 1.54) is 12.1 Å². The van der Waals surface area contributed by atoms with Crippen molar-refractivity contribution in [3.63, 3.8) is 0 Å². The van der Waals surface area contributed by atoms with Crippen molar-refractivity contribution < 1.29 is 22.7 Å². The number of rotatable bonds is 3. The summed E-state index contributed by atoms with van der Waals surface area (Å²) < 4.78 is 40.4. The quantitative estimate of drug-likeness (QED) is 0.598. The predicted octanol–water partition coefficient (Wildman–Crippen LogP) is 3.26. The molecular weight excluding hydrogens is 299 g/mol. The Kier molecular flexibility index (Phi) is 3.70. The van der Waals surface area contributed by atoms with Gasteiger partial charge in [0.05, 0.1) is 10.2 Å². The molecule has 20 heavy (non-hydrogen) atoms. The number of carbonyl (C=O) groups is 1. The molecule has 1 aromatic heterocycles. The fraction of sp³-hybridized carbons (Fsp3) is 0.111. The first-order valence-corrected chi connectivity index (χ1v) is 5.79. The molecule has 0 saturated heterocycles. The highest BCUT2D eigenvalue weighted by Crippen LogP contribution is 2.31. The number of anilines is 1. The van der Waals surface area contributed by atoms with E-state index in [2.05, 4.69) is 25.7 Å². The second kappa shape index (κ2) is 5.28. The number of ether oxygens (including phenoxy) is 1. The van der Waals surface area contributed by atoms with E-state index < -0.39 is 12.4 Å². The van der Waals surface area contributed by atoms with Crippen molar-refractivity contribution >= 4 is 32.7 Å². The molecule has 7 nitrogen and oxygen atoms in total. The molecule has 0 unspecified atom stereocenters. The normalized spacial score (nSPS) is 11.2. The average molecular weight is 305 g/mol. The third-order valence-corrected chi connectivity index (χ3v) is 2.90. The fourth-order valence-corrected chi connectivity index (χ4v) is 2.14. The van der Waals surface area contributed by atoms with Crippen LogP contribution in [-0.2, 0) is 0 Å². The molecule has 1 aromatic carbocycles. The highest BCUT2D eigenvalue weighted by molar-refractivity contribution is 7.22. The van der Waals surface area contributed by atoms with E-state index in [1.54, 1.807) is 0 Å². The molecule has 0 atom stereocenters. The molecule has 0 aliphatic heterocycles. The van der Waals surface area contributed by atoms with Crippen LogP contribution in [0.5, 0.6) is 5.75 Å². The van der Waals surface area contributed by atoms with Gasteiger partial charge >= 0.3 is 12.4 Å². The molecule has 1 heterocycles. The van der Waals surface area contributed by atoms with E-state index >= 15 is 0 Å². The van der Waals surface area contributed by atoms with E-state index in [0.717, 1.165) is 17.4 Å². The topological polar surface area (TPSA) is 99.5 Å². The molecule has 3 N–H and O–H groups in total. The van der Waals surface area contributed by atoms with Gasteiger partial charge in [0, 0.05) is 6.07 Å². The summed E-state index contributed by atoms with van der Waals surface area (Å²) in [6.07, 6.45) is -4.76. The molecule has 0 fully saturated rings. The van der Waals surface area contributed by atoms with Crippen LogP contribution in [0.25, 0.3) is 10.2 Å². The number of hydrazine groups is 1. The average Bonchev–Trinajstić information content (AvgIpc) is 2.76. The number of thiazole rings is 1. The molecule has 2 aromatic rings. The third-order valence-electron chi connectivity index (χ3n) is 1.97. The lowest BCUT2D eigenvalue weighted by atomic mass is 10.3. The Morgan fingerprint density at radius 2 is 2.20 bits per heavy atom. The summed E-state index contributed by atoms with van der Waals surface area (Å²) in [6.45, 7) is 0. The number of benzene rings is 1. The molecule has 0 bridgehead atoms. The van der Waals surface area contributed by atoms with Crippen LogP contribution in [0.4, 0.5) is 23.1 Å². The number of nitrogens with one attached hydrogen (secondary N) is 3. The van der Waals surface area contributed by atoms with Crippen LogP contribution in [0.3, 0.4) is 0 Å². The van der Waals surface area contributed by atoms with Crippen molar-refractivity contribution in [1.29, 1.82) is 5.53 Å². The van der Waals surface area contributed by atoms with Gasteiger partial charge in [0.2, 0.25) is 5.13 Å². The largest absolute Gasteiger partial charge is 0.573 e. The first-order valence-electron chi connectivity index (χ1n) is 4.97. The Hall–Kier alpha value is -2.43. The van der Waals surface area contributed by atoms with Gasteiger partial charge in [0.1, 0.15) is 5.75 Å². The number of nitrogens with zero attached hydrogens (tertiary/aromatic N) is 2. The van der Waals surface area contributed by atoms with Gasteiger partial charge in [-0.2, -0.15) is 5.53 Å². The number of halogens is 3. The maximum atomic E-state index is 12.1. The van der Waals surface area contributed by atoms with E-state index in [1.807, 2.05) is 0 Å². The zero-order chi connectivity index (χ0) is 14.8. The molecule has 0 radical (unpaired) electrons. The molecule has 106 valence electrons. The smallest absolute Gasteiger partial charge is 0.406 e. The van der Waals surface area contributed by atoms with Crippen LogP contribution >= 0.6 is 11.3 Å². The highest BCUT2D eigenvalue weighted by atomic mass is 32.1. The summed E-state index contributed by atoms with van der Waals surface area (Å²) in [5, 5.41) is 2.82. The zero-order valence-electron chi connectivity index (χ0n) is 9.49. The number of carbonyl (C=O) groups excluding carboxylic acids is 1. The van der Waals surface area contributed by atoms with Gasteiger partial charge in [-0.05, 0) is 12.1 Å². The second-order valence-corrected chi connectivity index (χ2v) is 4.39. The summed E-state index contributed by atoms with van der Waals surface area (Å²) in [5.41, 5.74) is 11.3. The summed E-state index contributed by atoms with van der Waals surface area (Å²) in [4.78, 5) is 14.7. The number of fused-ring (bicyclic) bond motifs is 1. The first kappa shape index (κ1) is 14.0. The SMILES string of the molecule is N=NC(=O)NNc1nc2ccc(OC(F)(F)F)cc2s1. The van der Waals surface area contributed by atoms with Crippen molar-refractivity contribution in [1.82, 2.24) is 10.4 Å². The Morgan fingerprint density at radius 1 is 1.45 bits per heavy atom. The lowest BCUT2D eigenvalue weighted by molar-refractivity contribution is -0.274. The van der Waals surface area contributed by atoms with Crippen molar-refractivity contribution in [2.75, 3.05) is 5.43 Å². The summed E-state index contributed by atoms with van der Waals surface area (Å²) in [7, 11) is 0.